The Morgan fingerprint density at radius 3 is 2.53 bits per heavy atom. The lowest BCUT2D eigenvalue weighted by molar-refractivity contribution is -0.128. The van der Waals surface area contributed by atoms with Crippen LogP contribution in [0.2, 0.25) is 0 Å². The van der Waals surface area contributed by atoms with Gasteiger partial charge in [-0.25, -0.2) is 0 Å². The average Bonchev–Trinajstić information content (AvgIpc) is 2.28. The molecule has 0 atom stereocenters. The van der Waals surface area contributed by atoms with Crippen molar-refractivity contribution in [3.8, 4) is 0 Å². The second kappa shape index (κ2) is 5.60. The first-order chi connectivity index (χ1) is 8.94. The van der Waals surface area contributed by atoms with Crippen LogP contribution in [0.4, 0.5) is 18.9 Å². The third-order valence-electron chi connectivity index (χ3n) is 2.92. The zero-order valence-corrected chi connectivity index (χ0v) is 10.9. The molecule has 0 amide bonds. The van der Waals surface area contributed by atoms with E-state index in [9.17, 15) is 18.3 Å². The summed E-state index contributed by atoms with van der Waals surface area (Å²) in [6, 6.07) is 6.25. The van der Waals surface area contributed by atoms with Crippen LogP contribution in [0.15, 0.2) is 29.2 Å². The molecule has 0 bridgehead atoms. The van der Waals surface area contributed by atoms with Gasteiger partial charge < -0.3 is 15.2 Å². The van der Waals surface area contributed by atoms with E-state index in [1.807, 2.05) is 0 Å². The summed E-state index contributed by atoms with van der Waals surface area (Å²) in [7, 11) is 0. The molecule has 0 saturated carbocycles. The monoisotopic (exact) mass is 293 g/mol. The van der Waals surface area contributed by atoms with E-state index in [0.29, 0.717) is 25.4 Å². The Morgan fingerprint density at radius 1 is 1.32 bits per heavy atom. The van der Waals surface area contributed by atoms with Crippen molar-refractivity contribution in [2.75, 3.05) is 31.7 Å². The van der Waals surface area contributed by atoms with Crippen LogP contribution in [-0.4, -0.2) is 37.0 Å². The molecule has 1 aromatic rings. The van der Waals surface area contributed by atoms with Crippen molar-refractivity contribution in [1.82, 2.24) is 0 Å². The number of thioether (sulfide) groups is 1. The summed E-state index contributed by atoms with van der Waals surface area (Å²) in [5.41, 5.74) is -4.27. The molecule has 1 saturated heterocycles. The number of para-hydroxylation sites is 1. The second-order valence-corrected chi connectivity index (χ2v) is 5.66. The van der Waals surface area contributed by atoms with Gasteiger partial charge in [-0.05, 0) is 23.9 Å². The number of nitrogens with one attached hydrogen (secondary N) is 1. The van der Waals surface area contributed by atoms with Crippen molar-refractivity contribution >= 4 is 17.4 Å². The van der Waals surface area contributed by atoms with Crippen LogP contribution in [0.5, 0.6) is 0 Å². The van der Waals surface area contributed by atoms with Gasteiger partial charge in [0.05, 0.1) is 25.2 Å². The van der Waals surface area contributed by atoms with Crippen LogP contribution in [0.1, 0.15) is 0 Å². The predicted octanol–water partition coefficient (Wildman–Crippen LogP) is 2.72. The first kappa shape index (κ1) is 14.5. The Kier molecular flexibility index (Phi) is 4.27. The highest BCUT2D eigenvalue weighted by molar-refractivity contribution is 8.00. The van der Waals surface area contributed by atoms with E-state index in [-0.39, 0.29) is 28.7 Å². The van der Waals surface area contributed by atoms with Gasteiger partial charge in [-0.2, -0.15) is 13.2 Å². The second-order valence-electron chi connectivity index (χ2n) is 4.55. The zero-order chi connectivity index (χ0) is 13.9. The number of hydrogen-bond donors (Lipinski definition) is 2. The first-order valence-electron chi connectivity index (χ1n) is 5.71. The fourth-order valence-corrected chi connectivity index (χ4v) is 2.40. The molecule has 1 fully saturated rings. The lowest BCUT2D eigenvalue weighted by atomic mass is 9.87. The van der Waals surface area contributed by atoms with Crippen molar-refractivity contribution in [1.29, 1.82) is 0 Å². The first-order valence-corrected chi connectivity index (χ1v) is 6.53. The zero-order valence-electron chi connectivity index (χ0n) is 10.0. The lowest BCUT2D eigenvalue weighted by Crippen LogP contribution is -2.50. The summed E-state index contributed by atoms with van der Waals surface area (Å²) in [5, 5.41) is 12.2. The molecule has 0 radical (unpaired) electrons. The molecule has 2 N–H and O–H groups in total. The van der Waals surface area contributed by atoms with Crippen molar-refractivity contribution < 1.29 is 23.0 Å². The van der Waals surface area contributed by atoms with E-state index in [4.69, 9.17) is 4.74 Å². The van der Waals surface area contributed by atoms with E-state index >= 15 is 0 Å². The molecule has 1 aliphatic rings. The molecule has 0 aromatic heterocycles. The number of benzene rings is 1. The molecule has 0 aliphatic carbocycles. The maximum absolute atomic E-state index is 12.4. The van der Waals surface area contributed by atoms with Gasteiger partial charge in [-0.3, -0.25) is 0 Å². The Labute approximate surface area is 113 Å². The van der Waals surface area contributed by atoms with Crippen LogP contribution < -0.4 is 5.32 Å². The third-order valence-corrected chi connectivity index (χ3v) is 3.73. The van der Waals surface area contributed by atoms with E-state index in [2.05, 4.69) is 5.32 Å². The van der Waals surface area contributed by atoms with Gasteiger partial charge in [0.2, 0.25) is 0 Å². The van der Waals surface area contributed by atoms with Crippen LogP contribution in [0.3, 0.4) is 0 Å². The fourth-order valence-electron chi connectivity index (χ4n) is 1.75. The molecule has 0 spiro atoms. The number of ether oxygens (including phenoxy) is 1. The fraction of sp³-hybridized carbons (Fsp3) is 0.500. The molecule has 1 aromatic carbocycles. The standard InChI is InChI=1S/C12H14F3NO2S/c13-12(14,15)19-10-4-2-1-3-9(10)16-5-11(6-17)7-18-8-11/h1-4,16-17H,5-8H2. The molecule has 7 heteroatoms. The summed E-state index contributed by atoms with van der Waals surface area (Å²) in [6.07, 6.45) is 0. The topological polar surface area (TPSA) is 41.5 Å². The van der Waals surface area contributed by atoms with Gasteiger partial charge in [0.25, 0.3) is 0 Å². The van der Waals surface area contributed by atoms with Gasteiger partial charge >= 0.3 is 5.51 Å². The molecular formula is C12H14F3NO2S. The molecule has 1 heterocycles. The predicted molar refractivity (Wildman–Crippen MR) is 67.2 cm³/mol. The summed E-state index contributed by atoms with van der Waals surface area (Å²) >= 11 is -0.145. The minimum atomic E-state index is -4.31. The Morgan fingerprint density at radius 2 is 2.00 bits per heavy atom. The molecule has 19 heavy (non-hydrogen) atoms. The van der Waals surface area contributed by atoms with Crippen LogP contribution >= 0.6 is 11.8 Å². The number of alkyl halides is 3. The molecule has 1 aliphatic heterocycles. The molecular weight excluding hydrogens is 279 g/mol. The smallest absolute Gasteiger partial charge is 0.396 e. The summed E-state index contributed by atoms with van der Waals surface area (Å²) in [4.78, 5) is 0.128. The largest absolute Gasteiger partial charge is 0.446 e. The highest BCUT2D eigenvalue weighted by Gasteiger charge is 2.38. The maximum Gasteiger partial charge on any atom is 0.446 e. The molecule has 0 unspecified atom stereocenters. The average molecular weight is 293 g/mol. The van der Waals surface area contributed by atoms with Crippen LogP contribution in [0, 0.1) is 5.41 Å². The van der Waals surface area contributed by atoms with Gasteiger partial charge in [0.15, 0.2) is 0 Å². The summed E-state index contributed by atoms with van der Waals surface area (Å²) < 4.78 is 42.3. The Hall–Kier alpha value is -0.920. The van der Waals surface area contributed by atoms with E-state index in [0.717, 1.165) is 0 Å². The van der Waals surface area contributed by atoms with Gasteiger partial charge in [0, 0.05) is 17.1 Å². The number of halogens is 3. The van der Waals surface area contributed by atoms with Crippen molar-refractivity contribution in [3.05, 3.63) is 24.3 Å². The normalized spacial score (nSPS) is 17.9. The van der Waals surface area contributed by atoms with Crippen molar-refractivity contribution in [2.24, 2.45) is 5.41 Å². The third kappa shape index (κ3) is 3.77. The minimum Gasteiger partial charge on any atom is -0.396 e. The van der Waals surface area contributed by atoms with Gasteiger partial charge in [0.1, 0.15) is 0 Å². The number of hydrogen-bond acceptors (Lipinski definition) is 4. The highest BCUT2D eigenvalue weighted by Crippen LogP contribution is 2.40. The summed E-state index contributed by atoms with van der Waals surface area (Å²) in [5.74, 6) is 0. The van der Waals surface area contributed by atoms with E-state index < -0.39 is 5.51 Å². The molecule has 106 valence electrons. The maximum atomic E-state index is 12.4. The van der Waals surface area contributed by atoms with Crippen molar-refractivity contribution in [3.63, 3.8) is 0 Å². The quantitative estimate of drug-likeness (QED) is 0.819. The minimum absolute atomic E-state index is 0.0470. The van der Waals surface area contributed by atoms with Gasteiger partial charge in [-0.1, -0.05) is 12.1 Å². The number of rotatable bonds is 5. The number of anilines is 1. The summed E-state index contributed by atoms with van der Waals surface area (Å²) in [6.45, 7) is 1.18. The highest BCUT2D eigenvalue weighted by atomic mass is 32.2. The Balaban J connectivity index is 2.03. The Bertz CT molecular complexity index is 430. The van der Waals surface area contributed by atoms with Gasteiger partial charge in [-0.15, -0.1) is 0 Å². The molecule has 2 rings (SSSR count). The number of aliphatic hydroxyl groups excluding tert-OH is 1. The van der Waals surface area contributed by atoms with Crippen LogP contribution in [0.25, 0.3) is 0 Å². The number of aliphatic hydroxyl groups is 1. The SMILES string of the molecule is OCC1(CNc2ccccc2SC(F)(F)F)COC1. The molecule has 3 nitrogen and oxygen atoms in total. The van der Waals surface area contributed by atoms with E-state index in [1.165, 1.54) is 6.07 Å². The van der Waals surface area contributed by atoms with Crippen molar-refractivity contribution in [2.45, 2.75) is 10.4 Å². The van der Waals surface area contributed by atoms with Crippen LogP contribution in [-0.2, 0) is 4.74 Å². The lowest BCUT2D eigenvalue weighted by Gasteiger charge is -2.40. The van der Waals surface area contributed by atoms with E-state index in [1.54, 1.807) is 18.2 Å².